The summed E-state index contributed by atoms with van der Waals surface area (Å²) in [7, 11) is 0. The summed E-state index contributed by atoms with van der Waals surface area (Å²) in [5.41, 5.74) is 1.19. The van der Waals surface area contributed by atoms with Crippen LogP contribution in [0.4, 0.5) is 0 Å². The van der Waals surface area contributed by atoms with Crippen LogP contribution < -0.4 is 5.32 Å². The van der Waals surface area contributed by atoms with Gasteiger partial charge >= 0.3 is 0 Å². The molecule has 0 saturated heterocycles. The normalized spacial score (nSPS) is 12.3. The Morgan fingerprint density at radius 2 is 2.10 bits per heavy atom. The van der Waals surface area contributed by atoms with Crippen LogP contribution in [0.25, 0.3) is 11.0 Å². The van der Waals surface area contributed by atoms with Gasteiger partial charge in [0.05, 0.1) is 6.04 Å². The molecule has 5 heteroatoms. The van der Waals surface area contributed by atoms with Gasteiger partial charge in [0.1, 0.15) is 17.0 Å². The highest BCUT2D eigenvalue weighted by atomic mass is 79.9. The maximum absolute atomic E-state index is 12.1. The average molecular weight is 345 g/mol. The second-order valence-electron chi connectivity index (χ2n) is 4.74. The molecule has 21 heavy (non-hydrogen) atoms. The Bertz CT molecular complexity index is 747. The molecule has 2 aromatic heterocycles. The lowest BCUT2D eigenvalue weighted by atomic mass is 10.2. The minimum Gasteiger partial charge on any atom is -0.459 e. The summed E-state index contributed by atoms with van der Waals surface area (Å²) in [6.45, 7) is 1.88. The van der Waals surface area contributed by atoms with E-state index < -0.39 is 0 Å². The number of nitrogens with one attached hydrogen (secondary N) is 1. The summed E-state index contributed by atoms with van der Waals surface area (Å²) in [4.78, 5) is 16.2. The molecule has 2 heterocycles. The third-order valence-corrected chi connectivity index (χ3v) is 3.65. The van der Waals surface area contributed by atoms with E-state index in [1.807, 2.05) is 37.3 Å². The smallest absolute Gasteiger partial charge is 0.270 e. The number of aromatic nitrogens is 1. The fourth-order valence-corrected chi connectivity index (χ4v) is 2.30. The highest BCUT2D eigenvalue weighted by Crippen LogP contribution is 2.23. The first-order chi connectivity index (χ1) is 10.1. The van der Waals surface area contributed by atoms with Crippen LogP contribution in [0.2, 0.25) is 0 Å². The molecule has 0 spiro atoms. The van der Waals surface area contributed by atoms with Gasteiger partial charge in [-0.2, -0.15) is 0 Å². The van der Waals surface area contributed by atoms with Crippen LogP contribution in [0, 0.1) is 0 Å². The molecule has 4 nitrogen and oxygen atoms in total. The summed E-state index contributed by atoms with van der Waals surface area (Å²) < 4.78 is 6.58. The summed E-state index contributed by atoms with van der Waals surface area (Å²) in [5, 5.41) is 3.91. The predicted molar refractivity (Wildman–Crippen MR) is 84.0 cm³/mol. The molecule has 0 bridgehead atoms. The van der Waals surface area contributed by atoms with E-state index in [-0.39, 0.29) is 11.9 Å². The van der Waals surface area contributed by atoms with Crippen molar-refractivity contribution in [2.24, 2.45) is 0 Å². The molecule has 0 fully saturated rings. The lowest BCUT2D eigenvalue weighted by molar-refractivity contribution is 0.0930. The molecule has 3 rings (SSSR count). The van der Waals surface area contributed by atoms with Crippen molar-refractivity contribution in [2.45, 2.75) is 13.0 Å². The lowest BCUT2D eigenvalue weighted by Gasteiger charge is -2.10. The number of para-hydroxylation sites is 1. The zero-order valence-electron chi connectivity index (χ0n) is 11.3. The number of nitrogens with zero attached hydrogens (tertiary/aromatic N) is 1. The molecule has 1 aromatic carbocycles. The summed E-state index contributed by atoms with van der Waals surface area (Å²) in [6.07, 6.45) is 1.60. The largest absolute Gasteiger partial charge is 0.459 e. The molecule has 0 saturated carbocycles. The zero-order chi connectivity index (χ0) is 14.8. The van der Waals surface area contributed by atoms with Gasteiger partial charge in [0.15, 0.2) is 0 Å². The van der Waals surface area contributed by atoms with Gasteiger partial charge in [-0.15, -0.1) is 0 Å². The Morgan fingerprint density at radius 3 is 2.81 bits per heavy atom. The third kappa shape index (κ3) is 2.97. The Morgan fingerprint density at radius 1 is 1.29 bits per heavy atom. The number of carbonyl (C=O) groups excluding carboxylic acids is 1. The highest BCUT2D eigenvalue weighted by molar-refractivity contribution is 9.10. The first-order valence-corrected chi connectivity index (χ1v) is 7.33. The number of amides is 1. The van der Waals surface area contributed by atoms with Crippen molar-refractivity contribution in [1.82, 2.24) is 10.3 Å². The second kappa shape index (κ2) is 5.69. The minimum absolute atomic E-state index is 0.226. The number of hydrogen-bond donors (Lipinski definition) is 1. The monoisotopic (exact) mass is 344 g/mol. The van der Waals surface area contributed by atoms with Gasteiger partial charge in [-0.1, -0.05) is 18.2 Å². The van der Waals surface area contributed by atoms with Crippen molar-refractivity contribution >= 4 is 32.8 Å². The molecule has 1 amide bonds. The van der Waals surface area contributed by atoms with E-state index in [2.05, 4.69) is 26.2 Å². The van der Waals surface area contributed by atoms with Crippen LogP contribution in [0.5, 0.6) is 0 Å². The molecule has 0 aliphatic heterocycles. The minimum atomic E-state index is -0.227. The molecular formula is C16H13BrN2O2. The SMILES string of the molecule is CC(NC(=O)c1ccc(Br)cn1)c1cc2ccccc2o1. The predicted octanol–water partition coefficient (Wildman–Crippen LogP) is 4.08. The van der Waals surface area contributed by atoms with E-state index in [1.165, 1.54) is 0 Å². The van der Waals surface area contributed by atoms with Crippen LogP contribution in [0.3, 0.4) is 0 Å². The molecule has 1 atom stereocenters. The van der Waals surface area contributed by atoms with Crippen molar-refractivity contribution in [1.29, 1.82) is 0 Å². The average Bonchev–Trinajstić information content (AvgIpc) is 2.92. The number of furan rings is 1. The fourth-order valence-electron chi connectivity index (χ4n) is 2.07. The summed E-state index contributed by atoms with van der Waals surface area (Å²) in [6, 6.07) is 12.9. The van der Waals surface area contributed by atoms with E-state index in [0.29, 0.717) is 5.69 Å². The van der Waals surface area contributed by atoms with Crippen molar-refractivity contribution in [3.05, 3.63) is 64.6 Å². The van der Waals surface area contributed by atoms with Gasteiger partial charge in [-0.3, -0.25) is 4.79 Å². The molecular weight excluding hydrogens is 332 g/mol. The van der Waals surface area contributed by atoms with E-state index in [1.54, 1.807) is 18.3 Å². The van der Waals surface area contributed by atoms with Gasteiger partial charge in [0.25, 0.3) is 5.91 Å². The van der Waals surface area contributed by atoms with Crippen molar-refractivity contribution in [3.8, 4) is 0 Å². The Hall–Kier alpha value is -2.14. The second-order valence-corrected chi connectivity index (χ2v) is 5.66. The van der Waals surface area contributed by atoms with Crippen molar-refractivity contribution < 1.29 is 9.21 Å². The van der Waals surface area contributed by atoms with Crippen molar-refractivity contribution in [2.75, 3.05) is 0 Å². The number of pyridine rings is 1. The molecule has 3 aromatic rings. The molecule has 106 valence electrons. The maximum Gasteiger partial charge on any atom is 0.270 e. The molecule has 0 radical (unpaired) electrons. The molecule has 1 unspecified atom stereocenters. The molecule has 1 N–H and O–H groups in total. The van der Waals surface area contributed by atoms with Gasteiger partial charge in [0.2, 0.25) is 0 Å². The quantitative estimate of drug-likeness (QED) is 0.778. The lowest BCUT2D eigenvalue weighted by Crippen LogP contribution is -2.27. The van der Waals surface area contributed by atoms with Crippen LogP contribution in [-0.4, -0.2) is 10.9 Å². The topological polar surface area (TPSA) is 55.1 Å². The Kier molecular flexibility index (Phi) is 3.75. The van der Waals surface area contributed by atoms with Crippen LogP contribution >= 0.6 is 15.9 Å². The number of fused-ring (bicyclic) bond motifs is 1. The fraction of sp³-hybridized carbons (Fsp3) is 0.125. The molecule has 0 aliphatic carbocycles. The van der Waals surface area contributed by atoms with Gasteiger partial charge in [0, 0.05) is 16.1 Å². The number of halogens is 1. The summed E-state index contributed by atoms with van der Waals surface area (Å²) in [5.74, 6) is 0.497. The molecule has 0 aliphatic rings. The van der Waals surface area contributed by atoms with Crippen LogP contribution in [0.1, 0.15) is 29.2 Å². The van der Waals surface area contributed by atoms with Crippen molar-refractivity contribution in [3.63, 3.8) is 0 Å². The first kappa shape index (κ1) is 13.8. The van der Waals surface area contributed by atoms with E-state index in [4.69, 9.17) is 4.42 Å². The number of carbonyl (C=O) groups is 1. The standard InChI is InChI=1S/C16H13BrN2O2/c1-10(15-8-11-4-2-3-5-14(11)21-15)19-16(20)13-7-6-12(17)9-18-13/h2-10H,1H3,(H,19,20). The Balaban J connectivity index is 1.77. The third-order valence-electron chi connectivity index (χ3n) is 3.18. The van der Waals surface area contributed by atoms with Crippen LogP contribution in [0.15, 0.2) is 57.6 Å². The van der Waals surface area contributed by atoms with Gasteiger partial charge < -0.3 is 9.73 Å². The maximum atomic E-state index is 12.1. The van der Waals surface area contributed by atoms with Gasteiger partial charge in [-0.25, -0.2) is 4.98 Å². The van der Waals surface area contributed by atoms with E-state index in [0.717, 1.165) is 21.2 Å². The van der Waals surface area contributed by atoms with Gasteiger partial charge in [-0.05, 0) is 47.1 Å². The van der Waals surface area contributed by atoms with Crippen LogP contribution in [-0.2, 0) is 0 Å². The van der Waals surface area contributed by atoms with E-state index >= 15 is 0 Å². The number of benzene rings is 1. The van der Waals surface area contributed by atoms with E-state index in [9.17, 15) is 4.79 Å². The number of rotatable bonds is 3. The highest BCUT2D eigenvalue weighted by Gasteiger charge is 2.15. The zero-order valence-corrected chi connectivity index (χ0v) is 12.9. The number of hydrogen-bond acceptors (Lipinski definition) is 3. The summed E-state index contributed by atoms with van der Waals surface area (Å²) >= 11 is 3.29. The Labute approximate surface area is 130 Å². The first-order valence-electron chi connectivity index (χ1n) is 6.54.